The molecule has 1 atom stereocenters. The van der Waals surface area contributed by atoms with Gasteiger partial charge in [0, 0.05) is 32.7 Å². The van der Waals surface area contributed by atoms with Crippen molar-refractivity contribution in [1.29, 1.82) is 0 Å². The molecule has 1 amide bonds. The summed E-state index contributed by atoms with van der Waals surface area (Å²) >= 11 is 0. The number of piperazine rings is 1. The second-order valence-electron chi connectivity index (χ2n) is 5.38. The SMILES string of the molecule is Cc1ccc(CN2CCN(C(=O)[C@@H](C)N)CC2)cc1. The zero-order chi connectivity index (χ0) is 13.8. The van der Waals surface area contributed by atoms with Gasteiger partial charge in [0.25, 0.3) is 0 Å². The summed E-state index contributed by atoms with van der Waals surface area (Å²) < 4.78 is 0. The minimum absolute atomic E-state index is 0.0648. The number of amides is 1. The van der Waals surface area contributed by atoms with E-state index >= 15 is 0 Å². The van der Waals surface area contributed by atoms with Crippen LogP contribution in [0.2, 0.25) is 0 Å². The van der Waals surface area contributed by atoms with E-state index in [1.54, 1.807) is 6.92 Å². The molecule has 0 aliphatic carbocycles. The first-order valence-corrected chi connectivity index (χ1v) is 6.88. The van der Waals surface area contributed by atoms with Crippen LogP contribution in [0.1, 0.15) is 18.1 Å². The smallest absolute Gasteiger partial charge is 0.239 e. The van der Waals surface area contributed by atoms with Gasteiger partial charge in [0.05, 0.1) is 6.04 Å². The van der Waals surface area contributed by atoms with Crippen molar-refractivity contribution in [2.45, 2.75) is 26.4 Å². The summed E-state index contributed by atoms with van der Waals surface area (Å²) in [4.78, 5) is 16.0. The van der Waals surface area contributed by atoms with Gasteiger partial charge in [-0.15, -0.1) is 0 Å². The second-order valence-corrected chi connectivity index (χ2v) is 5.38. The molecule has 2 N–H and O–H groups in total. The highest BCUT2D eigenvalue weighted by molar-refractivity contribution is 5.81. The minimum Gasteiger partial charge on any atom is -0.339 e. The highest BCUT2D eigenvalue weighted by Crippen LogP contribution is 2.10. The number of hydrogen-bond donors (Lipinski definition) is 1. The third-order valence-corrected chi connectivity index (χ3v) is 3.60. The van der Waals surface area contributed by atoms with E-state index in [1.807, 2.05) is 4.90 Å². The quantitative estimate of drug-likeness (QED) is 0.882. The van der Waals surface area contributed by atoms with Crippen LogP contribution < -0.4 is 5.73 Å². The van der Waals surface area contributed by atoms with Crippen molar-refractivity contribution in [1.82, 2.24) is 9.80 Å². The summed E-state index contributed by atoms with van der Waals surface area (Å²) in [6, 6.07) is 8.25. The van der Waals surface area contributed by atoms with Gasteiger partial charge in [-0.05, 0) is 19.4 Å². The zero-order valence-electron chi connectivity index (χ0n) is 11.8. The van der Waals surface area contributed by atoms with Crippen molar-refractivity contribution >= 4 is 5.91 Å². The first kappa shape index (κ1) is 14.0. The third-order valence-electron chi connectivity index (χ3n) is 3.60. The number of carbonyl (C=O) groups is 1. The number of aryl methyl sites for hydroxylation is 1. The molecule has 2 rings (SSSR count). The van der Waals surface area contributed by atoms with Crippen LogP contribution in [-0.2, 0) is 11.3 Å². The Balaban J connectivity index is 1.83. The highest BCUT2D eigenvalue weighted by atomic mass is 16.2. The minimum atomic E-state index is -0.386. The number of nitrogens with two attached hydrogens (primary N) is 1. The van der Waals surface area contributed by atoms with Gasteiger partial charge in [0.2, 0.25) is 5.91 Å². The summed E-state index contributed by atoms with van der Waals surface area (Å²) in [5.41, 5.74) is 8.25. The van der Waals surface area contributed by atoms with Crippen LogP contribution in [-0.4, -0.2) is 47.9 Å². The first-order chi connectivity index (χ1) is 9.06. The maximum atomic E-state index is 11.8. The van der Waals surface area contributed by atoms with Gasteiger partial charge in [-0.3, -0.25) is 9.69 Å². The van der Waals surface area contributed by atoms with Crippen molar-refractivity contribution in [3.05, 3.63) is 35.4 Å². The maximum Gasteiger partial charge on any atom is 0.239 e. The first-order valence-electron chi connectivity index (χ1n) is 6.88. The van der Waals surface area contributed by atoms with Gasteiger partial charge in [-0.2, -0.15) is 0 Å². The van der Waals surface area contributed by atoms with Crippen molar-refractivity contribution in [3.63, 3.8) is 0 Å². The molecule has 0 spiro atoms. The highest BCUT2D eigenvalue weighted by Gasteiger charge is 2.22. The van der Waals surface area contributed by atoms with Crippen molar-refractivity contribution in [3.8, 4) is 0 Å². The molecule has 0 bridgehead atoms. The van der Waals surface area contributed by atoms with E-state index in [0.717, 1.165) is 32.7 Å². The van der Waals surface area contributed by atoms with Gasteiger partial charge in [-0.25, -0.2) is 0 Å². The van der Waals surface area contributed by atoms with E-state index in [1.165, 1.54) is 11.1 Å². The predicted octanol–water partition coefficient (Wildman–Crippen LogP) is 0.986. The van der Waals surface area contributed by atoms with E-state index in [4.69, 9.17) is 5.73 Å². The number of nitrogens with zero attached hydrogens (tertiary/aromatic N) is 2. The molecule has 0 radical (unpaired) electrons. The molecule has 1 saturated heterocycles. The molecule has 1 fully saturated rings. The molecule has 1 heterocycles. The Labute approximate surface area is 115 Å². The van der Waals surface area contributed by atoms with E-state index in [0.29, 0.717) is 0 Å². The maximum absolute atomic E-state index is 11.8. The van der Waals surface area contributed by atoms with E-state index in [2.05, 4.69) is 36.1 Å². The second kappa shape index (κ2) is 6.17. The fourth-order valence-corrected chi connectivity index (χ4v) is 2.37. The molecule has 1 aliphatic heterocycles. The number of carbonyl (C=O) groups excluding carboxylic acids is 1. The summed E-state index contributed by atoms with van der Waals surface area (Å²) in [7, 11) is 0. The van der Waals surface area contributed by atoms with Gasteiger partial charge >= 0.3 is 0 Å². The molecule has 1 aromatic carbocycles. The number of rotatable bonds is 3. The molecule has 1 aliphatic rings. The normalized spacial score (nSPS) is 18.4. The summed E-state index contributed by atoms with van der Waals surface area (Å²) in [5, 5.41) is 0. The molecule has 1 aromatic rings. The monoisotopic (exact) mass is 261 g/mol. The van der Waals surface area contributed by atoms with Gasteiger partial charge in [-0.1, -0.05) is 29.8 Å². The Kier molecular flexibility index (Phi) is 4.56. The molecule has 104 valence electrons. The molecule has 4 heteroatoms. The Morgan fingerprint density at radius 3 is 2.32 bits per heavy atom. The molecule has 0 unspecified atom stereocenters. The molecule has 4 nitrogen and oxygen atoms in total. The molecule has 0 saturated carbocycles. The summed E-state index contributed by atoms with van der Waals surface area (Å²) in [6.45, 7) is 8.22. The average molecular weight is 261 g/mol. The lowest BCUT2D eigenvalue weighted by Crippen LogP contribution is -2.52. The van der Waals surface area contributed by atoms with Crippen LogP contribution in [0.15, 0.2) is 24.3 Å². The Morgan fingerprint density at radius 2 is 1.79 bits per heavy atom. The topological polar surface area (TPSA) is 49.6 Å². The van der Waals surface area contributed by atoms with E-state index in [-0.39, 0.29) is 11.9 Å². The predicted molar refractivity (Wildman–Crippen MR) is 76.7 cm³/mol. The molecule has 0 aromatic heterocycles. The lowest BCUT2D eigenvalue weighted by molar-refractivity contribution is -0.134. The van der Waals surface area contributed by atoms with Gasteiger partial charge in [0.15, 0.2) is 0 Å². The van der Waals surface area contributed by atoms with Crippen molar-refractivity contribution in [2.75, 3.05) is 26.2 Å². The zero-order valence-corrected chi connectivity index (χ0v) is 11.8. The van der Waals surface area contributed by atoms with Crippen LogP contribution in [0.25, 0.3) is 0 Å². The lowest BCUT2D eigenvalue weighted by atomic mass is 10.1. The van der Waals surface area contributed by atoms with Gasteiger partial charge < -0.3 is 10.6 Å². The Morgan fingerprint density at radius 1 is 1.21 bits per heavy atom. The van der Waals surface area contributed by atoms with Crippen molar-refractivity contribution < 1.29 is 4.79 Å². The van der Waals surface area contributed by atoms with Gasteiger partial charge in [0.1, 0.15) is 0 Å². The fraction of sp³-hybridized carbons (Fsp3) is 0.533. The standard InChI is InChI=1S/C15H23N3O/c1-12-3-5-14(6-4-12)11-17-7-9-18(10-8-17)15(19)13(2)16/h3-6,13H,7-11,16H2,1-2H3/t13-/m1/s1. The van der Waals surface area contributed by atoms with Crippen LogP contribution in [0.4, 0.5) is 0 Å². The molecular weight excluding hydrogens is 238 g/mol. The van der Waals surface area contributed by atoms with Crippen LogP contribution in [0.3, 0.4) is 0 Å². The number of benzene rings is 1. The lowest BCUT2D eigenvalue weighted by Gasteiger charge is -2.35. The molecule has 19 heavy (non-hydrogen) atoms. The molecular formula is C15H23N3O. The largest absolute Gasteiger partial charge is 0.339 e. The van der Waals surface area contributed by atoms with Crippen LogP contribution in [0.5, 0.6) is 0 Å². The van der Waals surface area contributed by atoms with E-state index in [9.17, 15) is 4.79 Å². The third kappa shape index (κ3) is 3.78. The Hall–Kier alpha value is -1.39. The van der Waals surface area contributed by atoms with Crippen molar-refractivity contribution in [2.24, 2.45) is 5.73 Å². The van der Waals surface area contributed by atoms with E-state index < -0.39 is 0 Å². The Bertz CT molecular complexity index is 420. The summed E-state index contributed by atoms with van der Waals surface area (Å²) in [6.07, 6.45) is 0. The van der Waals surface area contributed by atoms with Crippen LogP contribution in [0, 0.1) is 6.92 Å². The number of hydrogen-bond acceptors (Lipinski definition) is 3. The van der Waals surface area contributed by atoms with Crippen LogP contribution >= 0.6 is 0 Å². The average Bonchev–Trinajstić information content (AvgIpc) is 2.41. The summed E-state index contributed by atoms with van der Waals surface area (Å²) in [5.74, 6) is 0.0648. The fourth-order valence-electron chi connectivity index (χ4n) is 2.37.